The highest BCUT2D eigenvalue weighted by Gasteiger charge is 2.14. The zero-order valence-corrected chi connectivity index (χ0v) is 16.4. The van der Waals surface area contributed by atoms with Gasteiger partial charge in [0, 0.05) is 22.7 Å². The molecule has 2 N–H and O–H groups in total. The average molecular weight is 380 g/mol. The van der Waals surface area contributed by atoms with Gasteiger partial charge in [-0.15, -0.1) is 11.3 Å². The van der Waals surface area contributed by atoms with Crippen molar-refractivity contribution in [2.45, 2.75) is 51.5 Å². The lowest BCUT2D eigenvalue weighted by Crippen LogP contribution is -2.25. The van der Waals surface area contributed by atoms with E-state index in [9.17, 15) is 0 Å². The molecule has 27 heavy (non-hydrogen) atoms. The molecule has 0 radical (unpaired) electrons. The van der Waals surface area contributed by atoms with E-state index in [1.807, 2.05) is 36.7 Å². The van der Waals surface area contributed by atoms with Gasteiger partial charge in [0.05, 0.1) is 17.2 Å². The quantitative estimate of drug-likeness (QED) is 0.353. The van der Waals surface area contributed by atoms with Crippen LogP contribution < -0.4 is 10.6 Å². The third-order valence-electron chi connectivity index (χ3n) is 4.89. The first kappa shape index (κ1) is 17.9. The third-order valence-corrected chi connectivity index (χ3v) is 5.58. The Morgan fingerprint density at radius 3 is 2.70 bits per heavy atom. The second-order valence-corrected chi connectivity index (χ2v) is 7.93. The van der Waals surface area contributed by atoms with Crippen LogP contribution in [0.15, 0.2) is 46.9 Å². The molecule has 2 aromatic heterocycles. The molecule has 0 aliphatic heterocycles. The number of anilines is 2. The van der Waals surface area contributed by atoms with Crippen molar-refractivity contribution in [3.63, 3.8) is 0 Å². The largest absolute Gasteiger partial charge is 0.325 e. The number of aryl methyl sites for hydroxylation is 1. The molecule has 1 fully saturated rings. The predicted molar refractivity (Wildman–Crippen MR) is 115 cm³/mol. The van der Waals surface area contributed by atoms with Crippen LogP contribution in [0, 0.1) is 6.92 Å². The van der Waals surface area contributed by atoms with Crippen molar-refractivity contribution in [3.8, 4) is 0 Å². The van der Waals surface area contributed by atoms with Crippen LogP contribution in [0.5, 0.6) is 0 Å². The highest BCUT2D eigenvalue weighted by Crippen LogP contribution is 2.25. The number of rotatable bonds is 3. The molecule has 1 aromatic carbocycles. The molecule has 0 unspecified atom stereocenters. The van der Waals surface area contributed by atoms with Gasteiger partial charge in [-0.05, 0) is 31.9 Å². The summed E-state index contributed by atoms with van der Waals surface area (Å²) in [5.74, 6) is 0.771. The molecule has 0 saturated heterocycles. The minimum atomic E-state index is 0.358. The highest BCUT2D eigenvalue weighted by atomic mass is 32.1. The smallest absolute Gasteiger partial charge is 0.202 e. The minimum absolute atomic E-state index is 0.358. The van der Waals surface area contributed by atoms with Crippen LogP contribution in [0.4, 0.5) is 10.8 Å². The zero-order valence-electron chi connectivity index (χ0n) is 15.6. The molecule has 2 heterocycles. The van der Waals surface area contributed by atoms with E-state index in [1.165, 1.54) is 25.7 Å². The molecule has 4 rings (SSSR count). The summed E-state index contributed by atoms with van der Waals surface area (Å²) in [5, 5.41) is 10.8. The molecule has 1 aliphatic rings. The lowest BCUT2D eigenvalue weighted by Gasteiger charge is -2.16. The Balaban J connectivity index is 1.66. The predicted octanol–water partition coefficient (Wildman–Crippen LogP) is 5.60. The van der Waals surface area contributed by atoms with Crippen molar-refractivity contribution >= 4 is 39.0 Å². The van der Waals surface area contributed by atoms with Gasteiger partial charge >= 0.3 is 0 Å². The van der Waals surface area contributed by atoms with Gasteiger partial charge in [0.25, 0.3) is 0 Å². The SMILES string of the molecule is Cc1cc(NC(=NC2CCCCCC2)Nc2nccs2)c2ccccc2n1. The third kappa shape index (κ3) is 4.63. The summed E-state index contributed by atoms with van der Waals surface area (Å²) in [6, 6.07) is 10.6. The Morgan fingerprint density at radius 1 is 1.11 bits per heavy atom. The van der Waals surface area contributed by atoms with Gasteiger partial charge in [0.1, 0.15) is 0 Å². The molecular formula is C21H25N5S. The Morgan fingerprint density at radius 2 is 1.93 bits per heavy atom. The fraction of sp³-hybridized carbons (Fsp3) is 0.381. The van der Waals surface area contributed by atoms with Crippen LogP contribution in [0.25, 0.3) is 10.9 Å². The summed E-state index contributed by atoms with van der Waals surface area (Å²) >= 11 is 1.58. The normalized spacial score (nSPS) is 16.3. The van der Waals surface area contributed by atoms with Gasteiger partial charge in [-0.25, -0.2) is 9.98 Å². The molecule has 0 spiro atoms. The first-order chi connectivity index (χ1) is 13.3. The number of pyridine rings is 1. The summed E-state index contributed by atoms with van der Waals surface area (Å²) in [6.07, 6.45) is 9.28. The molecule has 140 valence electrons. The van der Waals surface area contributed by atoms with Crippen LogP contribution in [-0.2, 0) is 0 Å². The van der Waals surface area contributed by atoms with E-state index in [0.29, 0.717) is 6.04 Å². The number of guanidine groups is 1. The van der Waals surface area contributed by atoms with Crippen LogP contribution in [0.1, 0.15) is 44.2 Å². The molecule has 5 nitrogen and oxygen atoms in total. The van der Waals surface area contributed by atoms with Gasteiger partial charge in [0.15, 0.2) is 5.13 Å². The van der Waals surface area contributed by atoms with E-state index in [-0.39, 0.29) is 0 Å². The summed E-state index contributed by atoms with van der Waals surface area (Å²) in [5.41, 5.74) is 3.00. The Labute approximate surface area is 164 Å². The Bertz CT molecular complexity index is 911. The van der Waals surface area contributed by atoms with E-state index in [0.717, 1.165) is 46.2 Å². The van der Waals surface area contributed by atoms with Crippen molar-refractivity contribution in [3.05, 3.63) is 47.6 Å². The number of aromatic nitrogens is 2. The number of nitrogens with zero attached hydrogens (tertiary/aromatic N) is 3. The highest BCUT2D eigenvalue weighted by molar-refractivity contribution is 7.13. The molecular weight excluding hydrogens is 354 g/mol. The van der Waals surface area contributed by atoms with Gasteiger partial charge in [0.2, 0.25) is 5.96 Å². The second-order valence-electron chi connectivity index (χ2n) is 7.04. The van der Waals surface area contributed by atoms with Crippen molar-refractivity contribution < 1.29 is 0 Å². The fourth-order valence-electron chi connectivity index (χ4n) is 3.59. The maximum absolute atomic E-state index is 5.04. The fourth-order valence-corrected chi connectivity index (χ4v) is 4.12. The lowest BCUT2D eigenvalue weighted by atomic mass is 10.1. The van der Waals surface area contributed by atoms with Crippen molar-refractivity contribution in [1.29, 1.82) is 0 Å². The Kier molecular flexibility index (Phi) is 5.63. The molecule has 0 bridgehead atoms. The zero-order chi connectivity index (χ0) is 18.5. The van der Waals surface area contributed by atoms with Crippen LogP contribution in [0.3, 0.4) is 0 Å². The topological polar surface area (TPSA) is 62.2 Å². The number of para-hydroxylation sites is 1. The van der Waals surface area contributed by atoms with E-state index in [4.69, 9.17) is 4.99 Å². The maximum Gasteiger partial charge on any atom is 0.202 e. The molecule has 0 amide bonds. The number of aliphatic imine (C=N–C) groups is 1. The van der Waals surface area contributed by atoms with Gasteiger partial charge in [-0.2, -0.15) is 0 Å². The first-order valence-electron chi connectivity index (χ1n) is 9.66. The number of hydrogen-bond acceptors (Lipinski definition) is 4. The number of thiazole rings is 1. The van der Waals surface area contributed by atoms with E-state index >= 15 is 0 Å². The number of nitrogens with one attached hydrogen (secondary N) is 2. The minimum Gasteiger partial charge on any atom is -0.325 e. The standard InChI is InChI=1S/C21H25N5S/c1-15-14-19(17-10-6-7-11-18(17)23-15)25-20(26-21-22-12-13-27-21)24-16-8-4-2-3-5-9-16/h6-7,10-14,16H,2-5,8-9H2,1H3,(H2,22,23,24,25,26). The maximum atomic E-state index is 5.04. The van der Waals surface area contributed by atoms with Crippen LogP contribution in [-0.4, -0.2) is 22.0 Å². The Hall–Kier alpha value is -2.47. The first-order valence-corrected chi connectivity index (χ1v) is 10.5. The summed E-state index contributed by atoms with van der Waals surface area (Å²) < 4.78 is 0. The summed E-state index contributed by atoms with van der Waals surface area (Å²) in [4.78, 5) is 14.0. The lowest BCUT2D eigenvalue weighted by molar-refractivity contribution is 0.586. The van der Waals surface area contributed by atoms with E-state index < -0.39 is 0 Å². The number of benzene rings is 1. The van der Waals surface area contributed by atoms with Crippen LogP contribution >= 0.6 is 11.3 Å². The van der Waals surface area contributed by atoms with E-state index in [1.54, 1.807) is 11.3 Å². The second kappa shape index (κ2) is 8.48. The van der Waals surface area contributed by atoms with Gasteiger partial charge in [-0.1, -0.05) is 43.9 Å². The molecule has 1 aliphatic carbocycles. The van der Waals surface area contributed by atoms with E-state index in [2.05, 4.69) is 32.7 Å². The number of hydrogen-bond donors (Lipinski definition) is 2. The average Bonchev–Trinajstić information content (AvgIpc) is 3.04. The summed E-state index contributed by atoms with van der Waals surface area (Å²) in [6.45, 7) is 2.02. The molecule has 6 heteroatoms. The van der Waals surface area contributed by atoms with Gasteiger partial charge in [-0.3, -0.25) is 4.98 Å². The van der Waals surface area contributed by atoms with Crippen molar-refractivity contribution in [1.82, 2.24) is 9.97 Å². The molecule has 0 atom stereocenters. The van der Waals surface area contributed by atoms with Crippen molar-refractivity contribution in [2.24, 2.45) is 4.99 Å². The van der Waals surface area contributed by atoms with Crippen LogP contribution in [0.2, 0.25) is 0 Å². The monoisotopic (exact) mass is 379 g/mol. The van der Waals surface area contributed by atoms with Crippen molar-refractivity contribution in [2.75, 3.05) is 10.6 Å². The summed E-state index contributed by atoms with van der Waals surface area (Å²) in [7, 11) is 0. The molecule has 1 saturated carbocycles. The van der Waals surface area contributed by atoms with Gasteiger partial charge < -0.3 is 10.6 Å². The molecule has 3 aromatic rings. The number of fused-ring (bicyclic) bond motifs is 1.